The van der Waals surface area contributed by atoms with Crippen molar-refractivity contribution >= 4 is 33.2 Å². The molecule has 2 heteroatoms. The number of allylic oxidation sites excluding steroid dienone is 2. The van der Waals surface area contributed by atoms with Crippen molar-refractivity contribution in [2.45, 2.75) is 60.0 Å². The Kier molecular flexibility index (Phi) is 11.8. The van der Waals surface area contributed by atoms with Gasteiger partial charge in [-0.1, -0.05) is 160 Å². The third-order valence-electron chi connectivity index (χ3n) is 11.9. The molecule has 0 N–H and O–H groups in total. The van der Waals surface area contributed by atoms with E-state index in [4.69, 9.17) is 0 Å². The second kappa shape index (κ2) is 17.8. The number of fused-ring (bicyclic) bond motifs is 2. The zero-order chi connectivity index (χ0) is 39.8. The molecule has 1 atom stereocenters. The molecule has 2 aromatic heterocycles. The van der Waals surface area contributed by atoms with Gasteiger partial charge in [-0.3, -0.25) is 0 Å². The topological polar surface area (TPSA) is 7.76 Å². The minimum atomic E-state index is 0.569. The average Bonchev–Trinajstić information content (AvgIpc) is 3.27. The Labute approximate surface area is 344 Å². The molecule has 2 heterocycles. The van der Waals surface area contributed by atoms with Gasteiger partial charge in [0.25, 0.3) is 0 Å². The molecule has 58 heavy (non-hydrogen) atoms. The number of aromatic nitrogens is 2. The lowest BCUT2D eigenvalue weighted by Crippen LogP contribution is -2.38. The normalized spacial score (nSPS) is 13.1. The van der Waals surface area contributed by atoms with Crippen molar-refractivity contribution in [3.63, 3.8) is 0 Å². The number of hydrogen-bond donors (Lipinski definition) is 0. The van der Waals surface area contributed by atoms with Gasteiger partial charge >= 0.3 is 0 Å². The molecule has 0 saturated heterocycles. The molecule has 0 amide bonds. The number of aryl methyl sites for hydroxylation is 5. The van der Waals surface area contributed by atoms with E-state index in [0.29, 0.717) is 5.92 Å². The van der Waals surface area contributed by atoms with Crippen LogP contribution in [0.2, 0.25) is 0 Å². The van der Waals surface area contributed by atoms with E-state index in [0.717, 1.165) is 32.4 Å². The monoisotopic (exact) mass is 754 g/mol. The van der Waals surface area contributed by atoms with Crippen molar-refractivity contribution in [1.29, 1.82) is 0 Å². The highest BCUT2D eigenvalue weighted by Crippen LogP contribution is 2.31. The van der Waals surface area contributed by atoms with Gasteiger partial charge in [-0.2, -0.15) is 9.13 Å². The van der Waals surface area contributed by atoms with Gasteiger partial charge in [0.05, 0.1) is 16.3 Å². The van der Waals surface area contributed by atoms with Crippen LogP contribution in [0.15, 0.2) is 182 Å². The Morgan fingerprint density at radius 2 is 1.10 bits per heavy atom. The third kappa shape index (κ3) is 8.20. The van der Waals surface area contributed by atoms with Crippen molar-refractivity contribution < 1.29 is 9.13 Å². The fraction of sp³-hybridized carbons (Fsp3) is 0.179. The molecule has 0 aliphatic carbocycles. The minimum Gasteiger partial charge on any atom is -0.197 e. The molecule has 286 valence electrons. The van der Waals surface area contributed by atoms with E-state index < -0.39 is 0 Å². The Hall–Kier alpha value is -6.38. The van der Waals surface area contributed by atoms with E-state index in [-0.39, 0.29) is 0 Å². The van der Waals surface area contributed by atoms with E-state index in [2.05, 4.69) is 225 Å². The first-order chi connectivity index (χ1) is 28.5. The number of hydrogen-bond acceptors (Lipinski definition) is 0. The number of nitrogens with zero attached hydrogens (tertiary/aromatic N) is 2. The van der Waals surface area contributed by atoms with Crippen molar-refractivity contribution in [3.05, 3.63) is 215 Å². The maximum absolute atomic E-state index is 2.50. The van der Waals surface area contributed by atoms with Crippen molar-refractivity contribution in [2.24, 2.45) is 5.92 Å². The number of pyridine rings is 2. The van der Waals surface area contributed by atoms with Crippen LogP contribution in [-0.4, -0.2) is 0 Å². The van der Waals surface area contributed by atoms with E-state index in [9.17, 15) is 0 Å². The second-order valence-corrected chi connectivity index (χ2v) is 15.7. The summed E-state index contributed by atoms with van der Waals surface area (Å²) in [5, 5.41) is 7.63. The van der Waals surface area contributed by atoms with Crippen LogP contribution in [0.1, 0.15) is 49.4 Å². The highest BCUT2D eigenvalue weighted by atomic mass is 15.0. The van der Waals surface area contributed by atoms with Crippen molar-refractivity contribution in [3.8, 4) is 22.5 Å². The summed E-state index contributed by atoms with van der Waals surface area (Å²) in [6.45, 7) is 10.7. The summed E-state index contributed by atoms with van der Waals surface area (Å²) in [4.78, 5) is 0. The summed E-state index contributed by atoms with van der Waals surface area (Å²) >= 11 is 0. The van der Waals surface area contributed by atoms with Crippen LogP contribution in [0.5, 0.6) is 0 Å². The van der Waals surface area contributed by atoms with Crippen LogP contribution >= 0.6 is 0 Å². The Balaban J connectivity index is 1.16. The van der Waals surface area contributed by atoms with Gasteiger partial charge in [0, 0.05) is 30.5 Å². The lowest BCUT2D eigenvalue weighted by Gasteiger charge is -2.14. The standard InChI is InChI=1S/C56H54N2/c1-5-41(2)19-18-26-44-21-7-13-28-50(44)43(4)51-29-14-8-22-45(51)33-37-58-40-36-48-25-11-17-32-54(48)56(58)53-31-16-10-24-47(53)35-39-57-38-34-46-23-9-15-30-52(46)55(57)49-27-12-6-20-42(49)3/h6-32,34,36,38,40-41H,5,33,35,37,39H2,1-4H3/q+2. The molecule has 0 aliphatic rings. The van der Waals surface area contributed by atoms with Crippen LogP contribution in [0.4, 0.5) is 0 Å². The summed E-state index contributed by atoms with van der Waals surface area (Å²) in [6, 6.07) is 57.8. The van der Waals surface area contributed by atoms with Gasteiger partial charge in [-0.25, -0.2) is 0 Å². The molecular formula is C56H54N2+2. The van der Waals surface area contributed by atoms with E-state index in [1.165, 1.54) is 82.3 Å². The molecule has 0 fully saturated rings. The van der Waals surface area contributed by atoms with E-state index in [1.54, 1.807) is 0 Å². The Morgan fingerprint density at radius 1 is 0.569 bits per heavy atom. The first-order valence-electron chi connectivity index (χ1n) is 21.0. The molecule has 1 unspecified atom stereocenters. The zero-order valence-corrected chi connectivity index (χ0v) is 34.4. The van der Waals surface area contributed by atoms with Crippen LogP contribution in [-0.2, 0) is 25.9 Å². The Morgan fingerprint density at radius 3 is 1.79 bits per heavy atom. The minimum absolute atomic E-state index is 0.569. The second-order valence-electron chi connectivity index (χ2n) is 15.7. The van der Waals surface area contributed by atoms with Gasteiger partial charge in [-0.15, -0.1) is 0 Å². The summed E-state index contributed by atoms with van der Waals surface area (Å²) in [5.41, 5.74) is 11.8. The summed E-state index contributed by atoms with van der Waals surface area (Å²) in [7, 11) is 0. The molecule has 2 nitrogen and oxygen atoms in total. The lowest BCUT2D eigenvalue weighted by atomic mass is 9.95. The summed E-state index contributed by atoms with van der Waals surface area (Å²) in [5.74, 6) is 0.569. The predicted molar refractivity (Wildman–Crippen MR) is 245 cm³/mol. The van der Waals surface area contributed by atoms with Gasteiger partial charge in [-0.05, 0) is 93.1 Å². The van der Waals surface area contributed by atoms with Crippen LogP contribution in [0, 0.1) is 12.8 Å². The molecule has 0 aliphatic heterocycles. The average molecular weight is 755 g/mol. The quantitative estimate of drug-likeness (QED) is 0.110. The van der Waals surface area contributed by atoms with Crippen molar-refractivity contribution in [2.75, 3.05) is 0 Å². The summed E-state index contributed by atoms with van der Waals surface area (Å²) in [6.07, 6.45) is 14.3. The zero-order valence-electron chi connectivity index (χ0n) is 34.4. The number of rotatable bonds is 12. The molecule has 0 spiro atoms. The summed E-state index contributed by atoms with van der Waals surface area (Å²) < 4.78 is 4.96. The molecule has 0 saturated carbocycles. The SMILES string of the molecule is CCC(C)C=CC=c1ccccc1=C(C)c1ccccc1CC[n+]1ccc2ccccc2c1-c1ccccc1CC[n+]1ccc2ccccc2c1-c1ccccc1C. The van der Waals surface area contributed by atoms with Gasteiger partial charge in [0.15, 0.2) is 25.5 Å². The molecule has 0 radical (unpaired) electrons. The van der Waals surface area contributed by atoms with Crippen LogP contribution in [0.3, 0.4) is 0 Å². The highest BCUT2D eigenvalue weighted by Gasteiger charge is 2.23. The van der Waals surface area contributed by atoms with Crippen LogP contribution < -0.4 is 19.6 Å². The third-order valence-corrected chi connectivity index (χ3v) is 11.9. The predicted octanol–water partition coefficient (Wildman–Crippen LogP) is 11.3. The molecule has 8 rings (SSSR count). The first kappa shape index (κ1) is 38.5. The molecule has 8 aromatic rings. The maximum atomic E-state index is 2.50. The fourth-order valence-electron chi connectivity index (χ4n) is 8.50. The van der Waals surface area contributed by atoms with Gasteiger partial charge < -0.3 is 0 Å². The van der Waals surface area contributed by atoms with E-state index >= 15 is 0 Å². The molecular weight excluding hydrogens is 701 g/mol. The highest BCUT2D eigenvalue weighted by molar-refractivity contribution is 5.94. The molecule has 6 aromatic carbocycles. The van der Waals surface area contributed by atoms with Gasteiger partial charge in [0.2, 0.25) is 11.4 Å². The lowest BCUT2D eigenvalue weighted by molar-refractivity contribution is -0.685. The largest absolute Gasteiger partial charge is 0.220 e. The number of benzene rings is 6. The van der Waals surface area contributed by atoms with E-state index in [1.807, 2.05) is 0 Å². The van der Waals surface area contributed by atoms with Crippen molar-refractivity contribution in [1.82, 2.24) is 0 Å². The fourth-order valence-corrected chi connectivity index (χ4v) is 8.50. The van der Waals surface area contributed by atoms with Crippen LogP contribution in [0.25, 0.3) is 55.7 Å². The first-order valence-corrected chi connectivity index (χ1v) is 21.0. The van der Waals surface area contributed by atoms with Gasteiger partial charge in [0.1, 0.15) is 0 Å². The Bertz CT molecular complexity index is 2880. The smallest absolute Gasteiger partial charge is 0.197 e. The molecule has 0 bridgehead atoms. The maximum Gasteiger partial charge on any atom is 0.220 e.